The summed E-state index contributed by atoms with van der Waals surface area (Å²) in [7, 11) is 0. The van der Waals surface area contributed by atoms with E-state index < -0.39 is 0 Å². The molecule has 3 heterocycles. The average molecular weight is 310 g/mol. The number of amides is 1. The first kappa shape index (κ1) is 14.6. The van der Waals surface area contributed by atoms with Crippen LogP contribution in [0.1, 0.15) is 24.8 Å². The molecule has 2 atom stereocenters. The van der Waals surface area contributed by atoms with Crippen molar-refractivity contribution in [1.29, 1.82) is 0 Å². The Bertz CT molecular complexity index is 712. The van der Waals surface area contributed by atoms with Crippen LogP contribution in [0.2, 0.25) is 0 Å². The van der Waals surface area contributed by atoms with Crippen molar-refractivity contribution < 1.29 is 4.79 Å². The number of nitrogens with zero attached hydrogens (tertiary/aromatic N) is 3. The van der Waals surface area contributed by atoms with Gasteiger partial charge >= 0.3 is 0 Å². The van der Waals surface area contributed by atoms with Gasteiger partial charge in [0.2, 0.25) is 5.91 Å². The molecular formula is C18H22N4O. The highest BCUT2D eigenvalue weighted by Crippen LogP contribution is 2.29. The molecule has 1 amide bonds. The molecule has 4 rings (SSSR count). The lowest BCUT2D eigenvalue weighted by Gasteiger charge is -2.30. The minimum atomic E-state index is 0.209. The smallest absolute Gasteiger partial charge is 0.226 e. The van der Waals surface area contributed by atoms with E-state index in [0.29, 0.717) is 11.9 Å². The second-order valence-electron chi connectivity index (χ2n) is 6.56. The van der Waals surface area contributed by atoms with E-state index >= 15 is 0 Å². The number of benzene rings is 1. The van der Waals surface area contributed by atoms with Crippen LogP contribution in [0.4, 0.5) is 0 Å². The normalized spacial score (nSPS) is 24.2. The van der Waals surface area contributed by atoms with Crippen LogP contribution in [0.3, 0.4) is 0 Å². The van der Waals surface area contributed by atoms with Gasteiger partial charge in [0.15, 0.2) is 0 Å². The molecule has 0 saturated carbocycles. The molecule has 1 aromatic heterocycles. The van der Waals surface area contributed by atoms with E-state index in [0.717, 1.165) is 56.4 Å². The highest BCUT2D eigenvalue weighted by atomic mass is 16.2. The first-order valence-corrected chi connectivity index (χ1v) is 8.53. The second kappa shape index (κ2) is 6.24. The van der Waals surface area contributed by atoms with Gasteiger partial charge in [-0.25, -0.2) is 0 Å². The predicted octanol–water partition coefficient (Wildman–Crippen LogP) is 1.77. The van der Waals surface area contributed by atoms with Crippen LogP contribution >= 0.6 is 0 Å². The topological polar surface area (TPSA) is 58.1 Å². The molecule has 0 unspecified atom stereocenters. The molecule has 2 aromatic rings. The second-order valence-corrected chi connectivity index (χ2v) is 6.56. The maximum Gasteiger partial charge on any atom is 0.226 e. The van der Waals surface area contributed by atoms with E-state index in [1.54, 1.807) is 12.4 Å². The number of para-hydroxylation sites is 1. The summed E-state index contributed by atoms with van der Waals surface area (Å²) < 4.78 is 0. The number of carbonyl (C=O) groups is 1. The number of aromatic nitrogens is 2. The molecule has 2 saturated heterocycles. The van der Waals surface area contributed by atoms with Crippen LogP contribution in [-0.4, -0.2) is 46.5 Å². The lowest BCUT2D eigenvalue weighted by Crippen LogP contribution is -2.49. The van der Waals surface area contributed by atoms with Crippen LogP contribution in [0, 0.1) is 5.92 Å². The fourth-order valence-electron chi connectivity index (χ4n) is 3.96. The predicted molar refractivity (Wildman–Crippen MR) is 89.0 cm³/mol. The van der Waals surface area contributed by atoms with Crippen molar-refractivity contribution in [3.8, 4) is 0 Å². The molecule has 120 valence electrons. The SMILES string of the molecule is O=C1[C@@H](CCCc2cccc3nccnc23)C[C@H]2CNCCN12. The molecule has 5 nitrogen and oxygen atoms in total. The average Bonchev–Trinajstić information content (AvgIpc) is 2.92. The molecule has 2 aliphatic rings. The van der Waals surface area contributed by atoms with E-state index in [1.807, 2.05) is 12.1 Å². The van der Waals surface area contributed by atoms with Crippen LogP contribution in [0.5, 0.6) is 0 Å². The number of rotatable bonds is 4. The molecule has 0 radical (unpaired) electrons. The highest BCUT2D eigenvalue weighted by Gasteiger charge is 2.39. The van der Waals surface area contributed by atoms with E-state index in [2.05, 4.69) is 26.3 Å². The molecule has 0 bridgehead atoms. The Morgan fingerprint density at radius 1 is 1.26 bits per heavy atom. The molecule has 23 heavy (non-hydrogen) atoms. The Morgan fingerprint density at radius 3 is 3.09 bits per heavy atom. The largest absolute Gasteiger partial charge is 0.337 e. The highest BCUT2D eigenvalue weighted by molar-refractivity contribution is 5.81. The van der Waals surface area contributed by atoms with Crippen molar-refractivity contribution in [1.82, 2.24) is 20.2 Å². The first-order valence-electron chi connectivity index (χ1n) is 8.53. The fourth-order valence-corrected chi connectivity index (χ4v) is 3.96. The number of hydrogen-bond acceptors (Lipinski definition) is 4. The third-order valence-corrected chi connectivity index (χ3v) is 5.12. The van der Waals surface area contributed by atoms with Crippen LogP contribution in [-0.2, 0) is 11.2 Å². The Balaban J connectivity index is 1.39. The summed E-state index contributed by atoms with van der Waals surface area (Å²) in [6.07, 6.45) is 7.46. The quantitative estimate of drug-likeness (QED) is 0.935. The standard InChI is InChI=1S/C18H22N4O/c23-18-14(11-15-12-19-9-10-22(15)18)5-1-3-13-4-2-6-16-17(13)21-8-7-20-16/h2,4,6-8,14-15,19H,1,3,5,9-12H2/t14-,15-/m0/s1. The number of piperazine rings is 1. The van der Waals surface area contributed by atoms with Crippen molar-refractivity contribution in [3.63, 3.8) is 0 Å². The van der Waals surface area contributed by atoms with Crippen molar-refractivity contribution in [2.75, 3.05) is 19.6 Å². The zero-order valence-corrected chi connectivity index (χ0v) is 13.2. The van der Waals surface area contributed by atoms with Gasteiger partial charge < -0.3 is 10.2 Å². The molecule has 1 N–H and O–H groups in total. The summed E-state index contributed by atoms with van der Waals surface area (Å²) in [6.45, 7) is 2.77. The first-order chi connectivity index (χ1) is 11.3. The zero-order valence-electron chi connectivity index (χ0n) is 13.2. The van der Waals surface area contributed by atoms with E-state index in [4.69, 9.17) is 0 Å². The maximum atomic E-state index is 12.5. The van der Waals surface area contributed by atoms with Gasteiger partial charge in [-0.15, -0.1) is 0 Å². The summed E-state index contributed by atoms with van der Waals surface area (Å²) >= 11 is 0. The van der Waals surface area contributed by atoms with E-state index in [9.17, 15) is 4.79 Å². The molecule has 1 aromatic carbocycles. The van der Waals surface area contributed by atoms with Crippen molar-refractivity contribution in [3.05, 3.63) is 36.2 Å². The Kier molecular flexibility index (Phi) is 3.95. The minimum absolute atomic E-state index is 0.209. The number of fused-ring (bicyclic) bond motifs is 2. The molecule has 2 fully saturated rings. The molecule has 2 aliphatic heterocycles. The summed E-state index contributed by atoms with van der Waals surface area (Å²) in [4.78, 5) is 23.4. The number of hydrogen-bond donors (Lipinski definition) is 1. The van der Waals surface area contributed by atoms with Crippen LogP contribution in [0.25, 0.3) is 11.0 Å². The number of nitrogens with one attached hydrogen (secondary N) is 1. The monoisotopic (exact) mass is 310 g/mol. The van der Waals surface area contributed by atoms with Gasteiger partial charge in [-0.05, 0) is 37.3 Å². The van der Waals surface area contributed by atoms with Gasteiger partial charge in [-0.1, -0.05) is 12.1 Å². The van der Waals surface area contributed by atoms with Gasteiger partial charge in [0.25, 0.3) is 0 Å². The molecule has 0 aliphatic carbocycles. The van der Waals surface area contributed by atoms with Crippen LogP contribution in [0.15, 0.2) is 30.6 Å². The lowest BCUT2D eigenvalue weighted by molar-refractivity contribution is -0.132. The lowest BCUT2D eigenvalue weighted by atomic mass is 9.96. The maximum absolute atomic E-state index is 12.5. The van der Waals surface area contributed by atoms with Gasteiger partial charge in [-0.2, -0.15) is 0 Å². The molecular weight excluding hydrogens is 288 g/mol. The van der Waals surface area contributed by atoms with E-state index in [1.165, 1.54) is 5.56 Å². The molecule has 5 heteroatoms. The Hall–Kier alpha value is -2.01. The number of carbonyl (C=O) groups excluding carboxylic acids is 1. The van der Waals surface area contributed by atoms with Crippen LogP contribution < -0.4 is 5.32 Å². The minimum Gasteiger partial charge on any atom is -0.337 e. The summed E-state index contributed by atoms with van der Waals surface area (Å²) in [6, 6.07) is 6.58. The van der Waals surface area contributed by atoms with Crippen molar-refractivity contribution >= 4 is 16.9 Å². The van der Waals surface area contributed by atoms with Crippen molar-refractivity contribution in [2.45, 2.75) is 31.7 Å². The fraction of sp³-hybridized carbons (Fsp3) is 0.500. The number of aryl methyl sites for hydroxylation is 1. The third-order valence-electron chi connectivity index (χ3n) is 5.12. The Morgan fingerprint density at radius 2 is 2.17 bits per heavy atom. The summed E-state index contributed by atoms with van der Waals surface area (Å²) in [5.74, 6) is 0.579. The van der Waals surface area contributed by atoms with E-state index in [-0.39, 0.29) is 5.92 Å². The summed E-state index contributed by atoms with van der Waals surface area (Å²) in [5.41, 5.74) is 3.18. The molecule has 0 spiro atoms. The Labute approximate surface area is 136 Å². The van der Waals surface area contributed by atoms with Gasteiger partial charge in [-0.3, -0.25) is 14.8 Å². The van der Waals surface area contributed by atoms with Gasteiger partial charge in [0.05, 0.1) is 11.0 Å². The van der Waals surface area contributed by atoms with Gasteiger partial charge in [0.1, 0.15) is 0 Å². The summed E-state index contributed by atoms with van der Waals surface area (Å²) in [5, 5.41) is 3.39. The zero-order chi connectivity index (χ0) is 15.6. The third kappa shape index (κ3) is 2.81. The van der Waals surface area contributed by atoms with Crippen molar-refractivity contribution in [2.24, 2.45) is 5.92 Å². The van der Waals surface area contributed by atoms with Gasteiger partial charge in [0, 0.05) is 44.0 Å².